The number of halogens is 1. The highest BCUT2D eigenvalue weighted by molar-refractivity contribution is 6.21. The molecular formula is C34H35FN6O4. The summed E-state index contributed by atoms with van der Waals surface area (Å²) >= 11 is 0. The lowest BCUT2D eigenvalue weighted by molar-refractivity contribution is -0.132. The van der Waals surface area contributed by atoms with Gasteiger partial charge in [0.15, 0.2) is 0 Å². The first-order valence-electron chi connectivity index (χ1n) is 15.2. The van der Waals surface area contributed by atoms with Gasteiger partial charge in [-0.1, -0.05) is 47.6 Å². The number of urea groups is 1. The van der Waals surface area contributed by atoms with E-state index in [1.165, 1.54) is 17.2 Å². The third kappa shape index (κ3) is 6.43. The summed E-state index contributed by atoms with van der Waals surface area (Å²) in [5.41, 5.74) is 2.92. The minimum absolute atomic E-state index is 0.164. The molecule has 1 saturated carbocycles. The molecule has 4 aliphatic rings. The molecule has 3 aromatic carbocycles. The number of benzene rings is 3. The smallest absolute Gasteiger partial charge is 0.321 e. The van der Waals surface area contributed by atoms with Crippen LogP contribution in [0.2, 0.25) is 0 Å². The van der Waals surface area contributed by atoms with Crippen molar-refractivity contribution in [3.05, 3.63) is 94.8 Å². The van der Waals surface area contributed by atoms with Crippen molar-refractivity contribution in [1.82, 2.24) is 10.2 Å². The molecule has 3 aromatic rings. The van der Waals surface area contributed by atoms with Gasteiger partial charge in [0.25, 0.3) is 5.91 Å². The van der Waals surface area contributed by atoms with E-state index >= 15 is 4.39 Å². The summed E-state index contributed by atoms with van der Waals surface area (Å²) in [7, 11) is 0. The average molecular weight is 611 g/mol. The van der Waals surface area contributed by atoms with Crippen molar-refractivity contribution < 1.29 is 24.0 Å². The molecule has 3 heterocycles. The van der Waals surface area contributed by atoms with Crippen LogP contribution in [0.25, 0.3) is 0 Å². The predicted octanol–water partition coefficient (Wildman–Crippen LogP) is 4.92. The van der Waals surface area contributed by atoms with Crippen molar-refractivity contribution in [2.75, 3.05) is 29.9 Å². The Morgan fingerprint density at radius 2 is 1.69 bits per heavy atom. The standard InChI is InChI=1S/C34H35FN6O4/c1-21-6-4-10-27-30(26-9-2-3-11-28(26)35)38-32(39-34(44)37-25-8-5-7-24(16-25)17-36-45)33(43)41(31(21)27)20-29(42)40-18-22-12-13-23(19-40)15-14-22/h2-11,16-17,22-23,32,45H,12-15,18-20H2,1H3,(H2,37,39,44)/b36-17-. The normalized spacial score (nSPS) is 21.2. The first kappa shape index (κ1) is 30.0. The maximum Gasteiger partial charge on any atom is 0.321 e. The molecule has 3 fully saturated rings. The van der Waals surface area contributed by atoms with Gasteiger partial charge in [-0.3, -0.25) is 14.5 Å². The Bertz CT molecular complexity index is 1670. The van der Waals surface area contributed by atoms with Crippen LogP contribution in [0, 0.1) is 24.6 Å². The van der Waals surface area contributed by atoms with E-state index in [0.29, 0.717) is 53.0 Å². The maximum absolute atomic E-state index is 15.3. The lowest BCUT2D eigenvalue weighted by Crippen LogP contribution is -2.52. The third-order valence-electron chi connectivity index (χ3n) is 8.84. The van der Waals surface area contributed by atoms with E-state index in [1.54, 1.807) is 54.6 Å². The average Bonchev–Trinajstić information content (AvgIpc) is 3.41. The number of anilines is 2. The van der Waals surface area contributed by atoms with Gasteiger partial charge in [-0.15, -0.1) is 0 Å². The fourth-order valence-electron chi connectivity index (χ4n) is 6.63. The third-order valence-corrected chi connectivity index (χ3v) is 8.84. The van der Waals surface area contributed by atoms with Crippen molar-refractivity contribution in [3.63, 3.8) is 0 Å². The Morgan fingerprint density at radius 3 is 2.40 bits per heavy atom. The van der Waals surface area contributed by atoms with Crippen LogP contribution in [0.3, 0.4) is 0 Å². The van der Waals surface area contributed by atoms with Gasteiger partial charge in [0, 0.05) is 29.9 Å². The number of aryl methyl sites for hydroxylation is 1. The fraction of sp³-hybridized carbons (Fsp3) is 0.324. The van der Waals surface area contributed by atoms with Crippen LogP contribution in [0.1, 0.15) is 47.9 Å². The summed E-state index contributed by atoms with van der Waals surface area (Å²) in [6.07, 6.45) is 4.17. The van der Waals surface area contributed by atoms with Gasteiger partial charge >= 0.3 is 6.03 Å². The molecule has 11 heteroatoms. The largest absolute Gasteiger partial charge is 0.411 e. The number of oxime groups is 1. The summed E-state index contributed by atoms with van der Waals surface area (Å²) in [4.78, 5) is 49.4. The maximum atomic E-state index is 15.3. The van der Waals surface area contributed by atoms with Crippen LogP contribution in [0.5, 0.6) is 0 Å². The van der Waals surface area contributed by atoms with Crippen molar-refractivity contribution in [2.45, 2.75) is 38.8 Å². The van der Waals surface area contributed by atoms with Crippen molar-refractivity contribution in [3.8, 4) is 0 Å². The summed E-state index contributed by atoms with van der Waals surface area (Å²) in [5, 5.41) is 17.2. The molecule has 10 nitrogen and oxygen atoms in total. The monoisotopic (exact) mass is 610 g/mol. The van der Waals surface area contributed by atoms with Crippen LogP contribution in [0.15, 0.2) is 76.9 Å². The van der Waals surface area contributed by atoms with Crippen molar-refractivity contribution >= 4 is 41.1 Å². The molecule has 1 atom stereocenters. The second-order valence-corrected chi connectivity index (χ2v) is 11.9. The first-order valence-corrected chi connectivity index (χ1v) is 15.2. The molecule has 2 bridgehead atoms. The number of hydrogen-bond donors (Lipinski definition) is 3. The Kier molecular flexibility index (Phi) is 8.59. The molecule has 1 aliphatic carbocycles. The van der Waals surface area contributed by atoms with E-state index in [4.69, 9.17) is 5.21 Å². The highest BCUT2D eigenvalue weighted by Gasteiger charge is 2.38. The van der Waals surface area contributed by atoms with Crippen LogP contribution < -0.4 is 15.5 Å². The lowest BCUT2D eigenvalue weighted by Gasteiger charge is -2.30. The molecular weight excluding hydrogens is 575 g/mol. The second kappa shape index (κ2) is 12.9. The topological polar surface area (TPSA) is 127 Å². The summed E-state index contributed by atoms with van der Waals surface area (Å²) in [5.74, 6) is -0.405. The number of rotatable bonds is 6. The van der Waals surface area contributed by atoms with Gasteiger partial charge < -0.3 is 20.7 Å². The highest BCUT2D eigenvalue weighted by atomic mass is 19.1. The number of carbonyl (C=O) groups is 3. The quantitative estimate of drug-likeness (QED) is 0.208. The molecule has 232 valence electrons. The zero-order valence-electron chi connectivity index (χ0n) is 24.9. The number of benzodiazepines with no additional fused rings is 1. The molecule has 45 heavy (non-hydrogen) atoms. The summed E-state index contributed by atoms with van der Waals surface area (Å²) < 4.78 is 15.3. The molecule has 0 spiro atoms. The van der Waals surface area contributed by atoms with E-state index in [-0.39, 0.29) is 23.7 Å². The summed E-state index contributed by atoms with van der Waals surface area (Å²) in [6, 6.07) is 17.3. The van der Waals surface area contributed by atoms with Crippen LogP contribution in [-0.2, 0) is 9.59 Å². The Labute approximate surface area is 260 Å². The van der Waals surface area contributed by atoms with Gasteiger partial charge in [0.05, 0.1) is 17.6 Å². The SMILES string of the molecule is Cc1cccc2c1N(CC(=O)N1CC3CCC(CC3)C1)C(=O)C(NC(=O)Nc1cccc(/C=N\O)c1)N=C2c1ccccc1F. The van der Waals surface area contributed by atoms with Gasteiger partial charge in [-0.2, -0.15) is 0 Å². The minimum atomic E-state index is -1.47. The second-order valence-electron chi connectivity index (χ2n) is 11.9. The van der Waals surface area contributed by atoms with Crippen LogP contribution in [0.4, 0.5) is 20.6 Å². The number of fused-ring (bicyclic) bond motifs is 5. The molecule has 2 saturated heterocycles. The molecule has 3 N–H and O–H groups in total. The van der Waals surface area contributed by atoms with Crippen molar-refractivity contribution in [1.29, 1.82) is 0 Å². The van der Waals surface area contributed by atoms with Gasteiger partial charge in [-0.05, 0) is 79.8 Å². The number of hydrogen-bond acceptors (Lipinski definition) is 6. The molecule has 0 aromatic heterocycles. The number of carbonyl (C=O) groups excluding carboxylic acids is 3. The number of para-hydroxylation sites is 1. The number of nitrogens with one attached hydrogen (secondary N) is 2. The molecule has 4 amide bonds. The van der Waals surface area contributed by atoms with E-state index < -0.39 is 23.9 Å². The van der Waals surface area contributed by atoms with Gasteiger partial charge in [0.2, 0.25) is 12.1 Å². The van der Waals surface area contributed by atoms with E-state index in [2.05, 4.69) is 20.8 Å². The predicted molar refractivity (Wildman–Crippen MR) is 169 cm³/mol. The van der Waals surface area contributed by atoms with E-state index in [9.17, 15) is 14.4 Å². The lowest BCUT2D eigenvalue weighted by atomic mass is 9.84. The highest BCUT2D eigenvalue weighted by Crippen LogP contribution is 2.35. The first-order chi connectivity index (χ1) is 21.8. The van der Waals surface area contributed by atoms with Crippen molar-refractivity contribution in [2.24, 2.45) is 22.0 Å². The van der Waals surface area contributed by atoms with E-state index in [1.807, 2.05) is 17.9 Å². The Morgan fingerprint density at radius 1 is 1.00 bits per heavy atom. The molecule has 7 rings (SSSR count). The Hall–Kier alpha value is -5.06. The van der Waals surface area contributed by atoms with E-state index in [0.717, 1.165) is 25.7 Å². The fourth-order valence-corrected chi connectivity index (χ4v) is 6.63. The number of nitrogens with zero attached hydrogens (tertiary/aromatic N) is 4. The van der Waals surface area contributed by atoms with Gasteiger partial charge in [0.1, 0.15) is 12.4 Å². The van der Waals surface area contributed by atoms with Gasteiger partial charge in [-0.25, -0.2) is 14.2 Å². The molecule has 3 aliphatic heterocycles. The Balaban J connectivity index is 1.37. The van der Waals surface area contributed by atoms with Crippen LogP contribution in [-0.4, -0.2) is 65.7 Å². The number of aliphatic imine (C=N–C) groups is 1. The summed E-state index contributed by atoms with van der Waals surface area (Å²) in [6.45, 7) is 2.93. The minimum Gasteiger partial charge on any atom is -0.411 e. The molecule has 1 unspecified atom stereocenters. The molecule has 0 radical (unpaired) electrons. The van der Waals surface area contributed by atoms with Crippen LogP contribution >= 0.6 is 0 Å². The zero-order valence-corrected chi connectivity index (χ0v) is 24.9. The number of amides is 4. The zero-order chi connectivity index (χ0) is 31.5.